The first-order valence-corrected chi connectivity index (χ1v) is 9.86. The van der Waals surface area contributed by atoms with E-state index in [1.54, 1.807) is 12.1 Å². The summed E-state index contributed by atoms with van der Waals surface area (Å²) >= 11 is 0. The Morgan fingerprint density at radius 2 is 1.66 bits per heavy atom. The van der Waals surface area contributed by atoms with Gasteiger partial charge in [0.2, 0.25) is 0 Å². The number of halogens is 1. The molecule has 5 nitrogen and oxygen atoms in total. The summed E-state index contributed by atoms with van der Waals surface area (Å²) in [5.41, 5.74) is 3.48. The molecule has 3 aromatic rings. The van der Waals surface area contributed by atoms with Crippen LogP contribution in [0.25, 0.3) is 0 Å². The number of hydrogen-bond acceptors (Lipinski definition) is 2. The largest absolute Gasteiger partial charge is 0.342 e. The summed E-state index contributed by atoms with van der Waals surface area (Å²) in [6.07, 6.45) is 2.05. The molecule has 1 heterocycles. The van der Waals surface area contributed by atoms with Gasteiger partial charge in [0.25, 0.3) is 5.69 Å². The maximum Gasteiger partial charge on any atom is 0.269 e. The summed E-state index contributed by atoms with van der Waals surface area (Å²) in [6, 6.07) is 17.6. The van der Waals surface area contributed by atoms with Gasteiger partial charge in [-0.25, -0.2) is 4.39 Å². The zero-order valence-electron chi connectivity index (χ0n) is 16.8. The Labute approximate surface area is 170 Å². The fourth-order valence-electron chi connectivity index (χ4n) is 3.62. The van der Waals surface area contributed by atoms with E-state index in [4.69, 9.17) is 0 Å². The second kappa shape index (κ2) is 9.47. The Balaban J connectivity index is 1.72. The number of nitrogens with zero attached hydrogens (tertiary/aromatic N) is 2. The van der Waals surface area contributed by atoms with Crippen LogP contribution >= 0.6 is 0 Å². The molecule has 29 heavy (non-hydrogen) atoms. The van der Waals surface area contributed by atoms with Crippen molar-refractivity contribution in [2.24, 2.45) is 5.92 Å². The summed E-state index contributed by atoms with van der Waals surface area (Å²) in [5.74, 6) is 0.306. The molecule has 1 N–H and O–H groups in total. The minimum absolute atomic E-state index is 0.118. The number of nitro benzene ring substituents is 1. The zero-order chi connectivity index (χ0) is 20.8. The van der Waals surface area contributed by atoms with E-state index in [1.165, 1.54) is 22.7 Å². The molecule has 0 saturated heterocycles. The van der Waals surface area contributed by atoms with Crippen LogP contribution in [0, 0.1) is 21.8 Å². The van der Waals surface area contributed by atoms with Gasteiger partial charge in [-0.1, -0.05) is 26.0 Å². The number of rotatable bonds is 9. The Bertz CT molecular complexity index is 934. The van der Waals surface area contributed by atoms with Gasteiger partial charge in [-0.2, -0.15) is 0 Å². The van der Waals surface area contributed by atoms with Crippen molar-refractivity contribution in [1.29, 1.82) is 0 Å². The normalized spacial score (nSPS) is 12.3. The van der Waals surface area contributed by atoms with E-state index >= 15 is 0 Å². The van der Waals surface area contributed by atoms with Crippen molar-refractivity contribution in [3.8, 4) is 0 Å². The molecule has 0 aliphatic rings. The predicted octanol–water partition coefficient (Wildman–Crippen LogP) is 3.82. The molecule has 0 amide bonds. The van der Waals surface area contributed by atoms with Crippen LogP contribution in [-0.2, 0) is 19.6 Å². The van der Waals surface area contributed by atoms with Gasteiger partial charge < -0.3 is 9.47 Å². The molecule has 1 aromatic heterocycles. The fourth-order valence-corrected chi connectivity index (χ4v) is 3.62. The molecule has 0 bridgehead atoms. The number of non-ortho nitro benzene ring substituents is 1. The lowest BCUT2D eigenvalue weighted by Crippen LogP contribution is -3.10. The molecule has 1 unspecified atom stereocenters. The Morgan fingerprint density at radius 1 is 1.00 bits per heavy atom. The Hall–Kier alpha value is -2.99. The molecule has 0 fully saturated rings. The maximum absolute atomic E-state index is 13.2. The van der Waals surface area contributed by atoms with Gasteiger partial charge in [0, 0.05) is 36.4 Å². The number of hydrogen-bond donors (Lipinski definition) is 1. The summed E-state index contributed by atoms with van der Waals surface area (Å²) in [4.78, 5) is 11.9. The van der Waals surface area contributed by atoms with Crippen molar-refractivity contribution in [2.45, 2.75) is 33.5 Å². The molecule has 6 heteroatoms. The first-order chi connectivity index (χ1) is 13.9. The van der Waals surface area contributed by atoms with Crippen LogP contribution in [0.4, 0.5) is 10.1 Å². The van der Waals surface area contributed by atoms with Gasteiger partial charge in [-0.15, -0.1) is 0 Å². The quantitative estimate of drug-likeness (QED) is 0.442. The standard InChI is InChI=1S/C23H26FN3O2/c1-18(2)14-25(15-19-7-11-22(12-8-19)27(28)29)17-23-4-3-13-26(23)16-20-5-9-21(24)10-6-20/h3-13,18H,14-17H2,1-2H3/p+1. The van der Waals surface area contributed by atoms with Crippen molar-refractivity contribution in [3.05, 3.63) is 99.6 Å². The van der Waals surface area contributed by atoms with Crippen LogP contribution in [-0.4, -0.2) is 16.0 Å². The molecular weight excluding hydrogens is 369 g/mol. The van der Waals surface area contributed by atoms with E-state index in [2.05, 4.69) is 30.7 Å². The number of nitro groups is 1. The zero-order valence-corrected chi connectivity index (χ0v) is 16.8. The van der Waals surface area contributed by atoms with Crippen LogP contribution in [0.1, 0.15) is 30.7 Å². The smallest absolute Gasteiger partial charge is 0.269 e. The maximum atomic E-state index is 13.2. The molecule has 2 aromatic carbocycles. The van der Waals surface area contributed by atoms with Gasteiger partial charge >= 0.3 is 0 Å². The average Bonchev–Trinajstić information content (AvgIpc) is 3.10. The third kappa shape index (κ3) is 5.99. The summed E-state index contributed by atoms with van der Waals surface area (Å²) in [7, 11) is 0. The van der Waals surface area contributed by atoms with E-state index in [1.807, 2.05) is 30.3 Å². The second-order valence-electron chi connectivity index (χ2n) is 7.88. The number of benzene rings is 2. The van der Waals surface area contributed by atoms with Crippen molar-refractivity contribution < 1.29 is 14.2 Å². The van der Waals surface area contributed by atoms with E-state index in [0.717, 1.165) is 30.8 Å². The molecule has 152 valence electrons. The van der Waals surface area contributed by atoms with Crippen LogP contribution in [0.3, 0.4) is 0 Å². The second-order valence-corrected chi connectivity index (χ2v) is 7.88. The van der Waals surface area contributed by atoms with Gasteiger partial charge in [0.1, 0.15) is 18.9 Å². The lowest BCUT2D eigenvalue weighted by atomic mass is 10.1. The van der Waals surface area contributed by atoms with Gasteiger partial charge in [0.05, 0.1) is 17.2 Å². The average molecular weight is 396 g/mol. The van der Waals surface area contributed by atoms with Crippen molar-refractivity contribution >= 4 is 5.69 Å². The molecular formula is C23H27FN3O2+. The Morgan fingerprint density at radius 3 is 2.28 bits per heavy atom. The summed E-state index contributed by atoms with van der Waals surface area (Å²) in [5, 5.41) is 10.9. The Kier molecular flexibility index (Phi) is 6.77. The fraction of sp³-hybridized carbons (Fsp3) is 0.304. The van der Waals surface area contributed by atoms with Crippen molar-refractivity contribution in [2.75, 3.05) is 6.54 Å². The lowest BCUT2D eigenvalue weighted by molar-refractivity contribution is -0.930. The third-order valence-electron chi connectivity index (χ3n) is 4.92. The van der Waals surface area contributed by atoms with Crippen molar-refractivity contribution in [1.82, 2.24) is 4.57 Å². The molecule has 3 rings (SSSR count). The third-order valence-corrected chi connectivity index (χ3v) is 4.92. The lowest BCUT2D eigenvalue weighted by Gasteiger charge is -2.22. The number of nitrogens with one attached hydrogen (secondary N) is 1. The number of quaternary nitrogens is 1. The van der Waals surface area contributed by atoms with Crippen LogP contribution < -0.4 is 4.90 Å². The summed E-state index contributed by atoms with van der Waals surface area (Å²) < 4.78 is 15.4. The minimum Gasteiger partial charge on any atom is -0.342 e. The number of aromatic nitrogens is 1. The van der Waals surface area contributed by atoms with Crippen LogP contribution in [0.5, 0.6) is 0 Å². The highest BCUT2D eigenvalue weighted by Gasteiger charge is 2.16. The first kappa shape index (κ1) is 20.7. The van der Waals surface area contributed by atoms with Crippen LogP contribution in [0.15, 0.2) is 66.9 Å². The molecule has 0 spiro atoms. The topological polar surface area (TPSA) is 52.5 Å². The highest BCUT2D eigenvalue weighted by molar-refractivity contribution is 5.32. The SMILES string of the molecule is CC(C)C[NH+](Cc1ccc([N+](=O)[O-])cc1)Cc1cccn1Cc1ccc(F)cc1. The highest BCUT2D eigenvalue weighted by Crippen LogP contribution is 2.12. The monoisotopic (exact) mass is 396 g/mol. The van der Waals surface area contributed by atoms with Crippen LogP contribution in [0.2, 0.25) is 0 Å². The van der Waals surface area contributed by atoms with Gasteiger partial charge in [-0.05, 0) is 42.0 Å². The van der Waals surface area contributed by atoms with Gasteiger partial charge in [0.15, 0.2) is 0 Å². The molecule has 1 atom stereocenters. The molecule has 0 aliphatic heterocycles. The molecule has 0 saturated carbocycles. The van der Waals surface area contributed by atoms with Gasteiger partial charge in [-0.3, -0.25) is 10.1 Å². The first-order valence-electron chi connectivity index (χ1n) is 9.86. The summed E-state index contributed by atoms with van der Waals surface area (Å²) in [6.45, 7) is 7.76. The van der Waals surface area contributed by atoms with Crippen molar-refractivity contribution in [3.63, 3.8) is 0 Å². The van der Waals surface area contributed by atoms with E-state index in [9.17, 15) is 14.5 Å². The van der Waals surface area contributed by atoms with E-state index in [0.29, 0.717) is 12.5 Å². The van der Waals surface area contributed by atoms with E-state index in [-0.39, 0.29) is 16.4 Å². The predicted molar refractivity (Wildman–Crippen MR) is 111 cm³/mol. The molecule has 0 aliphatic carbocycles. The van der Waals surface area contributed by atoms with E-state index < -0.39 is 0 Å². The minimum atomic E-state index is -0.370. The highest BCUT2D eigenvalue weighted by atomic mass is 19.1. The molecule has 0 radical (unpaired) electrons.